The average Bonchev–Trinajstić information content (AvgIpc) is 2.91. The Kier molecular flexibility index (Phi) is 3.92. The molecule has 6 heteroatoms. The Balaban J connectivity index is 2.15. The summed E-state index contributed by atoms with van der Waals surface area (Å²) in [4.78, 5) is 0. The van der Waals surface area contributed by atoms with Crippen molar-refractivity contribution in [1.29, 1.82) is 0 Å². The smallest absolute Gasteiger partial charge is 0.173 e. The van der Waals surface area contributed by atoms with Crippen molar-refractivity contribution < 1.29 is 18.4 Å². The van der Waals surface area contributed by atoms with Crippen LogP contribution in [0.5, 0.6) is 0 Å². The van der Waals surface area contributed by atoms with Gasteiger partial charge in [0.2, 0.25) is 0 Å². The average molecular weight is 322 g/mol. The van der Waals surface area contributed by atoms with E-state index in [1.807, 2.05) is 0 Å². The van der Waals surface area contributed by atoms with Crippen LogP contribution in [0.4, 0.5) is 8.78 Å². The Morgan fingerprint density at radius 3 is 2.55 bits per heavy atom. The molecule has 0 radical (unpaired) electrons. The molecule has 3 rings (SSSR count). The van der Waals surface area contributed by atoms with Gasteiger partial charge in [0, 0.05) is 11.1 Å². The molecule has 0 bridgehead atoms. The van der Waals surface area contributed by atoms with Gasteiger partial charge < -0.3 is 9.63 Å². The van der Waals surface area contributed by atoms with Crippen LogP contribution in [0.2, 0.25) is 5.02 Å². The first-order chi connectivity index (χ1) is 10.6. The summed E-state index contributed by atoms with van der Waals surface area (Å²) in [6.45, 7) is -0.377. The predicted molar refractivity (Wildman–Crippen MR) is 78.2 cm³/mol. The highest BCUT2D eigenvalue weighted by Crippen LogP contribution is 2.35. The second-order valence-corrected chi connectivity index (χ2v) is 5.04. The van der Waals surface area contributed by atoms with Gasteiger partial charge in [0.1, 0.15) is 17.3 Å². The van der Waals surface area contributed by atoms with Crippen molar-refractivity contribution in [1.82, 2.24) is 5.16 Å². The van der Waals surface area contributed by atoms with Gasteiger partial charge in [-0.05, 0) is 30.3 Å². The predicted octanol–water partition coefficient (Wildman–Crippen LogP) is 4.43. The van der Waals surface area contributed by atoms with E-state index in [0.717, 1.165) is 6.07 Å². The highest BCUT2D eigenvalue weighted by atomic mass is 35.5. The molecule has 0 fully saturated rings. The summed E-state index contributed by atoms with van der Waals surface area (Å²) in [7, 11) is 0. The van der Waals surface area contributed by atoms with Crippen LogP contribution in [0, 0.1) is 11.6 Å². The maximum atomic E-state index is 13.3. The largest absolute Gasteiger partial charge is 0.391 e. The van der Waals surface area contributed by atoms with Crippen molar-refractivity contribution in [2.75, 3.05) is 0 Å². The quantitative estimate of drug-likeness (QED) is 0.776. The van der Waals surface area contributed by atoms with Gasteiger partial charge in [0.25, 0.3) is 0 Å². The summed E-state index contributed by atoms with van der Waals surface area (Å²) >= 11 is 6.01. The minimum Gasteiger partial charge on any atom is -0.391 e. The van der Waals surface area contributed by atoms with E-state index < -0.39 is 11.6 Å². The minimum atomic E-state index is -0.479. The minimum absolute atomic E-state index is 0.147. The first kappa shape index (κ1) is 14.7. The monoisotopic (exact) mass is 321 g/mol. The van der Waals surface area contributed by atoms with Crippen molar-refractivity contribution in [2.24, 2.45) is 0 Å². The summed E-state index contributed by atoms with van der Waals surface area (Å²) in [5, 5.41) is 13.7. The van der Waals surface area contributed by atoms with E-state index >= 15 is 0 Å². The van der Waals surface area contributed by atoms with Crippen LogP contribution in [0.1, 0.15) is 5.56 Å². The van der Waals surface area contributed by atoms with E-state index in [0.29, 0.717) is 22.4 Å². The number of halogens is 3. The Morgan fingerprint density at radius 2 is 1.86 bits per heavy atom. The number of aromatic nitrogens is 1. The zero-order chi connectivity index (χ0) is 15.7. The Bertz CT molecular complexity index is 833. The summed E-state index contributed by atoms with van der Waals surface area (Å²) in [5.74, 6) is -0.662. The van der Waals surface area contributed by atoms with Crippen molar-refractivity contribution in [2.45, 2.75) is 6.61 Å². The number of hydrogen-bond acceptors (Lipinski definition) is 3. The van der Waals surface area contributed by atoms with Gasteiger partial charge in [-0.1, -0.05) is 28.9 Å². The third-order valence-electron chi connectivity index (χ3n) is 3.22. The van der Waals surface area contributed by atoms with Gasteiger partial charge >= 0.3 is 0 Å². The van der Waals surface area contributed by atoms with Gasteiger partial charge in [0.05, 0.1) is 17.2 Å². The van der Waals surface area contributed by atoms with Crippen LogP contribution >= 0.6 is 11.6 Å². The molecule has 0 saturated carbocycles. The number of aliphatic hydroxyl groups excluding tert-OH is 1. The molecule has 0 aliphatic heterocycles. The summed E-state index contributed by atoms with van der Waals surface area (Å²) in [5.41, 5.74) is 1.53. The molecule has 1 aromatic heterocycles. The third kappa shape index (κ3) is 2.61. The normalized spacial score (nSPS) is 10.9. The van der Waals surface area contributed by atoms with E-state index in [9.17, 15) is 13.9 Å². The molecule has 0 aliphatic rings. The van der Waals surface area contributed by atoms with E-state index in [-0.39, 0.29) is 17.4 Å². The van der Waals surface area contributed by atoms with Crippen LogP contribution in [0.25, 0.3) is 22.6 Å². The molecular weight excluding hydrogens is 312 g/mol. The lowest BCUT2D eigenvalue weighted by atomic mass is 10.0. The molecule has 22 heavy (non-hydrogen) atoms. The Morgan fingerprint density at radius 1 is 1.09 bits per heavy atom. The summed E-state index contributed by atoms with van der Waals surface area (Å²) in [6.07, 6.45) is 0. The van der Waals surface area contributed by atoms with Crippen LogP contribution < -0.4 is 0 Å². The molecule has 0 saturated heterocycles. The summed E-state index contributed by atoms with van der Waals surface area (Å²) < 4.78 is 31.7. The molecule has 3 aromatic rings. The van der Waals surface area contributed by atoms with Crippen LogP contribution in [0.15, 0.2) is 47.0 Å². The SMILES string of the molecule is OCc1c(-c2ccc(F)cc2Cl)noc1-c1cccc(F)c1. The first-order valence-electron chi connectivity index (χ1n) is 6.41. The maximum Gasteiger partial charge on any atom is 0.173 e. The molecule has 0 atom stereocenters. The van der Waals surface area contributed by atoms with Crippen LogP contribution in [0.3, 0.4) is 0 Å². The van der Waals surface area contributed by atoms with Gasteiger partial charge in [-0.2, -0.15) is 0 Å². The fourth-order valence-electron chi connectivity index (χ4n) is 2.21. The second kappa shape index (κ2) is 5.87. The van der Waals surface area contributed by atoms with Crippen molar-refractivity contribution in [3.05, 3.63) is 64.7 Å². The number of hydrogen-bond donors (Lipinski definition) is 1. The van der Waals surface area contributed by atoms with E-state index in [2.05, 4.69) is 5.16 Å². The summed E-state index contributed by atoms with van der Waals surface area (Å²) in [6, 6.07) is 9.57. The third-order valence-corrected chi connectivity index (χ3v) is 3.53. The molecule has 0 aliphatic carbocycles. The molecule has 1 heterocycles. The topological polar surface area (TPSA) is 46.3 Å². The van der Waals surface area contributed by atoms with E-state index in [1.165, 1.54) is 30.3 Å². The lowest BCUT2D eigenvalue weighted by molar-refractivity contribution is 0.281. The number of nitrogens with zero attached hydrogens (tertiary/aromatic N) is 1. The fraction of sp³-hybridized carbons (Fsp3) is 0.0625. The molecule has 0 amide bonds. The second-order valence-electron chi connectivity index (χ2n) is 4.63. The lowest BCUT2D eigenvalue weighted by Gasteiger charge is -2.03. The lowest BCUT2D eigenvalue weighted by Crippen LogP contribution is -1.90. The van der Waals surface area contributed by atoms with Crippen LogP contribution in [-0.2, 0) is 6.61 Å². The van der Waals surface area contributed by atoms with Gasteiger partial charge in [0.15, 0.2) is 5.76 Å². The van der Waals surface area contributed by atoms with E-state index in [1.54, 1.807) is 6.07 Å². The molecule has 3 nitrogen and oxygen atoms in total. The van der Waals surface area contributed by atoms with Crippen molar-refractivity contribution in [3.63, 3.8) is 0 Å². The molecule has 2 aromatic carbocycles. The standard InChI is InChI=1S/C16H10ClF2NO2/c17-14-7-11(19)4-5-12(14)15-13(8-21)16(22-20-15)9-2-1-3-10(18)6-9/h1-7,21H,8H2. The van der Waals surface area contributed by atoms with Crippen LogP contribution in [-0.4, -0.2) is 10.3 Å². The highest BCUT2D eigenvalue weighted by Gasteiger charge is 2.20. The van der Waals surface area contributed by atoms with E-state index in [4.69, 9.17) is 16.1 Å². The molecule has 1 N–H and O–H groups in total. The zero-order valence-corrected chi connectivity index (χ0v) is 11.9. The molecule has 0 unspecified atom stereocenters. The van der Waals surface area contributed by atoms with Gasteiger partial charge in [-0.3, -0.25) is 0 Å². The van der Waals surface area contributed by atoms with Gasteiger partial charge in [-0.15, -0.1) is 0 Å². The Labute approximate surface area is 129 Å². The fourth-order valence-corrected chi connectivity index (χ4v) is 2.46. The van der Waals surface area contributed by atoms with Gasteiger partial charge in [-0.25, -0.2) is 8.78 Å². The zero-order valence-electron chi connectivity index (χ0n) is 11.2. The molecule has 112 valence electrons. The Hall–Kier alpha value is -2.24. The van der Waals surface area contributed by atoms with Crippen molar-refractivity contribution >= 4 is 11.6 Å². The molecule has 0 spiro atoms. The molecular formula is C16H10ClF2NO2. The van der Waals surface area contributed by atoms with Crippen molar-refractivity contribution in [3.8, 4) is 22.6 Å². The number of rotatable bonds is 3. The first-order valence-corrected chi connectivity index (χ1v) is 6.78. The number of benzene rings is 2. The highest BCUT2D eigenvalue weighted by molar-refractivity contribution is 6.33. The number of aliphatic hydroxyl groups is 1. The maximum absolute atomic E-state index is 13.3.